The lowest BCUT2D eigenvalue weighted by molar-refractivity contribution is -0.137. The topological polar surface area (TPSA) is 101 Å². The summed E-state index contributed by atoms with van der Waals surface area (Å²) in [6.45, 7) is 0.0110. The molecule has 3 aromatic heterocycles. The predicted molar refractivity (Wildman–Crippen MR) is 97.8 cm³/mol. The number of aryl methyl sites for hydroxylation is 3. The number of hydrogen-bond donors (Lipinski definition) is 0. The summed E-state index contributed by atoms with van der Waals surface area (Å²) in [6, 6.07) is 4.67. The van der Waals surface area contributed by atoms with E-state index in [0.29, 0.717) is 16.7 Å². The molecule has 0 saturated carbocycles. The van der Waals surface area contributed by atoms with E-state index >= 15 is 0 Å². The molecule has 0 spiro atoms. The van der Waals surface area contributed by atoms with E-state index in [1.54, 1.807) is 11.6 Å². The molecule has 0 unspecified atom stereocenters. The predicted octanol–water partition coefficient (Wildman–Crippen LogP) is 1.59. The summed E-state index contributed by atoms with van der Waals surface area (Å²) in [5, 5.41) is 4.06. The van der Waals surface area contributed by atoms with Crippen LogP contribution in [0.25, 0.3) is 11.2 Å². The van der Waals surface area contributed by atoms with Crippen molar-refractivity contribution in [1.29, 1.82) is 0 Å². The summed E-state index contributed by atoms with van der Waals surface area (Å²) in [4.78, 5) is 32.6. The molecule has 156 valence electrons. The second-order valence-electron chi connectivity index (χ2n) is 6.63. The van der Waals surface area contributed by atoms with Crippen molar-refractivity contribution in [2.45, 2.75) is 25.7 Å². The molecule has 0 aliphatic heterocycles. The molecule has 4 aromatic rings. The van der Waals surface area contributed by atoms with E-state index in [9.17, 15) is 22.8 Å². The maximum absolute atomic E-state index is 12.6. The lowest BCUT2D eigenvalue weighted by Gasteiger charge is -2.07. The quantitative estimate of drug-likeness (QED) is 0.486. The number of alkyl halides is 3. The van der Waals surface area contributed by atoms with E-state index in [-0.39, 0.29) is 31.0 Å². The monoisotopic (exact) mass is 420 g/mol. The lowest BCUT2D eigenvalue weighted by atomic mass is 10.1. The highest BCUT2D eigenvalue weighted by Crippen LogP contribution is 2.29. The highest BCUT2D eigenvalue weighted by atomic mass is 19.4. The van der Waals surface area contributed by atoms with Gasteiger partial charge in [-0.05, 0) is 24.1 Å². The third kappa shape index (κ3) is 3.75. The van der Waals surface area contributed by atoms with Crippen molar-refractivity contribution < 1.29 is 17.6 Å². The van der Waals surface area contributed by atoms with E-state index in [2.05, 4.69) is 15.1 Å². The van der Waals surface area contributed by atoms with Gasteiger partial charge in [0.2, 0.25) is 5.89 Å². The van der Waals surface area contributed by atoms with E-state index in [1.165, 1.54) is 29.4 Å². The molecule has 0 amide bonds. The molecule has 4 rings (SSSR count). The molecule has 0 saturated heterocycles. The van der Waals surface area contributed by atoms with E-state index in [0.717, 1.165) is 16.8 Å². The SMILES string of the molecule is Cn1cnc2ncn(Cc3nn(CCc4ccc(C(F)(F)F)cc4)c(=O)o3)c(=O)c21. The van der Waals surface area contributed by atoms with Gasteiger partial charge in [0.05, 0.1) is 18.4 Å². The molecular weight excluding hydrogens is 405 g/mol. The molecule has 0 atom stereocenters. The lowest BCUT2D eigenvalue weighted by Crippen LogP contribution is -2.22. The molecule has 0 aliphatic rings. The standard InChI is InChI=1S/C18H15F3N6O3/c1-25-9-22-15-14(25)16(28)26(10-23-15)8-13-24-27(17(29)30-13)7-6-11-2-4-12(5-3-11)18(19,20)21/h2-5,9-10H,6-8H2,1H3. The van der Waals surface area contributed by atoms with Crippen LogP contribution >= 0.6 is 0 Å². The highest BCUT2D eigenvalue weighted by molar-refractivity contribution is 5.68. The van der Waals surface area contributed by atoms with Crippen LogP contribution in [0.3, 0.4) is 0 Å². The van der Waals surface area contributed by atoms with E-state index in [1.807, 2.05) is 0 Å². The number of halogens is 3. The third-order valence-electron chi connectivity index (χ3n) is 4.55. The van der Waals surface area contributed by atoms with Crippen molar-refractivity contribution >= 4 is 11.2 Å². The van der Waals surface area contributed by atoms with E-state index in [4.69, 9.17) is 4.42 Å². The number of aromatic nitrogens is 6. The first-order valence-electron chi connectivity index (χ1n) is 8.82. The average Bonchev–Trinajstić information content (AvgIpc) is 3.24. The first kappa shape index (κ1) is 19.6. The second kappa shape index (κ2) is 7.28. The fourth-order valence-electron chi connectivity index (χ4n) is 2.98. The van der Waals surface area contributed by atoms with Crippen LogP contribution in [0.15, 0.2) is 50.9 Å². The molecule has 0 fully saturated rings. The minimum Gasteiger partial charge on any atom is -0.390 e. The zero-order chi connectivity index (χ0) is 21.5. The summed E-state index contributed by atoms with van der Waals surface area (Å²) >= 11 is 0. The van der Waals surface area contributed by atoms with Gasteiger partial charge in [-0.25, -0.2) is 14.8 Å². The maximum Gasteiger partial charge on any atom is 0.437 e. The van der Waals surface area contributed by atoms with Crippen molar-refractivity contribution in [3.63, 3.8) is 0 Å². The Morgan fingerprint density at radius 2 is 1.77 bits per heavy atom. The van der Waals surface area contributed by atoms with Crippen LogP contribution in [-0.4, -0.2) is 28.9 Å². The molecule has 30 heavy (non-hydrogen) atoms. The average molecular weight is 420 g/mol. The minimum atomic E-state index is -4.40. The molecular formula is C18H15F3N6O3. The highest BCUT2D eigenvalue weighted by Gasteiger charge is 2.29. The molecule has 0 bridgehead atoms. The van der Waals surface area contributed by atoms with Gasteiger partial charge >= 0.3 is 11.9 Å². The van der Waals surface area contributed by atoms with Gasteiger partial charge in [0.15, 0.2) is 11.2 Å². The van der Waals surface area contributed by atoms with Crippen LogP contribution in [0.2, 0.25) is 0 Å². The fourth-order valence-corrected chi connectivity index (χ4v) is 2.98. The van der Waals surface area contributed by atoms with Crippen molar-refractivity contribution in [2.24, 2.45) is 7.05 Å². The maximum atomic E-state index is 12.6. The Morgan fingerprint density at radius 3 is 2.47 bits per heavy atom. The van der Waals surface area contributed by atoms with Gasteiger partial charge in [-0.1, -0.05) is 12.1 Å². The van der Waals surface area contributed by atoms with Gasteiger partial charge in [0.25, 0.3) is 5.56 Å². The van der Waals surface area contributed by atoms with Gasteiger partial charge in [0.1, 0.15) is 12.9 Å². The molecule has 9 nitrogen and oxygen atoms in total. The Kier molecular flexibility index (Phi) is 4.76. The summed E-state index contributed by atoms with van der Waals surface area (Å²) in [7, 11) is 1.67. The van der Waals surface area contributed by atoms with Crippen molar-refractivity contribution in [3.8, 4) is 0 Å². The van der Waals surface area contributed by atoms with Gasteiger partial charge in [-0.3, -0.25) is 9.36 Å². The number of nitrogens with zero attached hydrogens (tertiary/aromatic N) is 6. The third-order valence-corrected chi connectivity index (χ3v) is 4.55. The van der Waals surface area contributed by atoms with Crippen LogP contribution in [0.4, 0.5) is 13.2 Å². The largest absolute Gasteiger partial charge is 0.437 e. The zero-order valence-electron chi connectivity index (χ0n) is 15.6. The van der Waals surface area contributed by atoms with Crippen molar-refractivity contribution in [3.05, 3.63) is 74.8 Å². The molecule has 1 aromatic carbocycles. The summed E-state index contributed by atoms with van der Waals surface area (Å²) < 4.78 is 46.8. The smallest absolute Gasteiger partial charge is 0.390 e. The number of fused-ring (bicyclic) bond motifs is 1. The fraction of sp³-hybridized carbons (Fsp3) is 0.278. The molecule has 0 N–H and O–H groups in total. The Labute approximate surface area is 166 Å². The normalized spacial score (nSPS) is 12.0. The van der Waals surface area contributed by atoms with E-state index < -0.39 is 17.5 Å². The summed E-state index contributed by atoms with van der Waals surface area (Å²) in [5.41, 5.74) is 0.129. The summed E-state index contributed by atoms with van der Waals surface area (Å²) in [5.74, 6) is -0.711. The van der Waals surface area contributed by atoms with Crippen LogP contribution in [-0.2, 0) is 32.7 Å². The van der Waals surface area contributed by atoms with Gasteiger partial charge in [0, 0.05) is 7.05 Å². The molecule has 3 heterocycles. The second-order valence-corrected chi connectivity index (χ2v) is 6.63. The first-order chi connectivity index (χ1) is 14.2. The van der Waals surface area contributed by atoms with Crippen LogP contribution < -0.4 is 11.3 Å². The summed E-state index contributed by atoms with van der Waals surface area (Å²) in [6.07, 6.45) is -1.35. The van der Waals surface area contributed by atoms with Gasteiger partial charge in [-0.15, -0.1) is 5.10 Å². The van der Waals surface area contributed by atoms with Crippen molar-refractivity contribution in [2.75, 3.05) is 0 Å². The van der Waals surface area contributed by atoms with Crippen LogP contribution in [0, 0.1) is 0 Å². The number of hydrogen-bond acceptors (Lipinski definition) is 6. The van der Waals surface area contributed by atoms with Crippen LogP contribution in [0.5, 0.6) is 0 Å². The number of rotatable bonds is 5. The molecule has 0 radical (unpaired) electrons. The van der Waals surface area contributed by atoms with Gasteiger partial charge in [-0.2, -0.15) is 17.9 Å². The van der Waals surface area contributed by atoms with Gasteiger partial charge < -0.3 is 8.98 Å². The Balaban J connectivity index is 1.49. The zero-order valence-corrected chi connectivity index (χ0v) is 15.6. The molecule has 12 heteroatoms. The molecule has 0 aliphatic carbocycles. The Bertz CT molecular complexity index is 1310. The number of imidazole rings is 1. The van der Waals surface area contributed by atoms with Crippen LogP contribution in [0.1, 0.15) is 17.0 Å². The Morgan fingerprint density at radius 1 is 1.07 bits per heavy atom. The number of benzene rings is 1. The Hall–Kier alpha value is -3.70. The van der Waals surface area contributed by atoms with Crippen molar-refractivity contribution in [1.82, 2.24) is 28.9 Å². The first-order valence-corrected chi connectivity index (χ1v) is 8.82. The minimum absolute atomic E-state index is 0.0119.